The Bertz CT molecular complexity index is 596. The monoisotopic (exact) mass is 277 g/mol. The second kappa shape index (κ2) is 5.85. The highest BCUT2D eigenvalue weighted by Gasteiger charge is 2.10. The molecular formula is C15H13ClFNO. The smallest absolute Gasteiger partial charge is 0.253 e. The molecular weight excluding hydrogens is 265 g/mol. The summed E-state index contributed by atoms with van der Waals surface area (Å²) in [5.74, 6) is -0.773. The first-order valence-electron chi connectivity index (χ1n) is 5.85. The normalized spacial score (nSPS) is 10.3. The van der Waals surface area contributed by atoms with E-state index in [1.54, 1.807) is 0 Å². The average Bonchev–Trinajstić information content (AvgIpc) is 2.37. The molecule has 0 fully saturated rings. The summed E-state index contributed by atoms with van der Waals surface area (Å²) < 4.78 is 12.9. The predicted octanol–water partition coefficient (Wildman–Crippen LogP) is 3.72. The fraction of sp³-hybridized carbons (Fsp3) is 0.133. The van der Waals surface area contributed by atoms with Gasteiger partial charge < -0.3 is 5.32 Å². The Kier molecular flexibility index (Phi) is 4.17. The van der Waals surface area contributed by atoms with Crippen LogP contribution in [0.15, 0.2) is 42.5 Å². The van der Waals surface area contributed by atoms with Gasteiger partial charge in [-0.3, -0.25) is 4.79 Å². The van der Waals surface area contributed by atoms with Crippen LogP contribution >= 0.6 is 11.6 Å². The maximum absolute atomic E-state index is 12.9. The van der Waals surface area contributed by atoms with Crippen molar-refractivity contribution in [2.75, 3.05) is 0 Å². The zero-order valence-corrected chi connectivity index (χ0v) is 11.2. The third kappa shape index (κ3) is 3.55. The van der Waals surface area contributed by atoms with E-state index in [4.69, 9.17) is 11.6 Å². The summed E-state index contributed by atoms with van der Waals surface area (Å²) in [7, 11) is 0. The summed E-state index contributed by atoms with van der Waals surface area (Å²) in [5, 5.41) is 2.86. The van der Waals surface area contributed by atoms with Crippen molar-refractivity contribution in [2.24, 2.45) is 0 Å². The number of carbonyl (C=O) groups excluding carboxylic acids is 1. The van der Waals surface area contributed by atoms with Crippen LogP contribution in [0.3, 0.4) is 0 Å². The van der Waals surface area contributed by atoms with Gasteiger partial charge in [0.1, 0.15) is 5.82 Å². The molecule has 0 heterocycles. The first-order chi connectivity index (χ1) is 9.06. The maximum Gasteiger partial charge on any atom is 0.253 e. The molecule has 0 aliphatic rings. The summed E-state index contributed by atoms with van der Waals surface area (Å²) in [6, 6.07) is 11.6. The first-order valence-corrected chi connectivity index (χ1v) is 6.23. The topological polar surface area (TPSA) is 29.1 Å². The molecule has 1 N–H and O–H groups in total. The Morgan fingerprint density at radius 3 is 2.53 bits per heavy atom. The minimum atomic E-state index is -0.458. The van der Waals surface area contributed by atoms with Crippen molar-refractivity contribution in [3.05, 3.63) is 70.0 Å². The lowest BCUT2D eigenvalue weighted by atomic mass is 10.1. The average molecular weight is 278 g/mol. The quantitative estimate of drug-likeness (QED) is 0.910. The van der Waals surface area contributed by atoms with E-state index >= 15 is 0 Å². The standard InChI is InChI=1S/C15H13ClFNO/c1-10-2-4-11(5-3-10)9-18-15(19)13-7-6-12(17)8-14(13)16/h2-8H,9H2,1H3,(H,18,19). The number of halogens is 2. The van der Waals surface area contributed by atoms with Crippen molar-refractivity contribution in [3.8, 4) is 0 Å². The van der Waals surface area contributed by atoms with Crippen molar-refractivity contribution in [2.45, 2.75) is 13.5 Å². The molecule has 0 aliphatic heterocycles. The van der Waals surface area contributed by atoms with Crippen LogP contribution in [0.1, 0.15) is 21.5 Å². The Balaban J connectivity index is 2.03. The van der Waals surface area contributed by atoms with Crippen LogP contribution in [0.5, 0.6) is 0 Å². The number of nitrogens with one attached hydrogen (secondary N) is 1. The van der Waals surface area contributed by atoms with Crippen molar-refractivity contribution in [3.63, 3.8) is 0 Å². The van der Waals surface area contributed by atoms with Gasteiger partial charge in [0.05, 0.1) is 10.6 Å². The van der Waals surface area contributed by atoms with Gasteiger partial charge >= 0.3 is 0 Å². The third-order valence-corrected chi connectivity index (χ3v) is 3.06. The van der Waals surface area contributed by atoms with E-state index in [1.165, 1.54) is 12.1 Å². The van der Waals surface area contributed by atoms with Crippen LogP contribution in [0.4, 0.5) is 4.39 Å². The summed E-state index contributed by atoms with van der Waals surface area (Å²) >= 11 is 5.83. The summed E-state index contributed by atoms with van der Waals surface area (Å²) in [6.45, 7) is 2.41. The van der Waals surface area contributed by atoms with E-state index in [9.17, 15) is 9.18 Å². The van der Waals surface area contributed by atoms with E-state index < -0.39 is 5.82 Å². The van der Waals surface area contributed by atoms with Crippen LogP contribution < -0.4 is 5.32 Å². The van der Waals surface area contributed by atoms with Gasteiger partial charge in [0.2, 0.25) is 0 Å². The Hall–Kier alpha value is -1.87. The van der Waals surface area contributed by atoms with Gasteiger partial charge in [-0.15, -0.1) is 0 Å². The van der Waals surface area contributed by atoms with Gasteiger partial charge in [-0.05, 0) is 30.7 Å². The van der Waals surface area contributed by atoms with E-state index in [0.717, 1.165) is 17.2 Å². The van der Waals surface area contributed by atoms with Gasteiger partial charge in [-0.2, -0.15) is 0 Å². The third-order valence-electron chi connectivity index (χ3n) is 2.75. The predicted molar refractivity (Wildman–Crippen MR) is 73.8 cm³/mol. The number of hydrogen-bond acceptors (Lipinski definition) is 1. The van der Waals surface area contributed by atoms with Crippen molar-refractivity contribution < 1.29 is 9.18 Å². The Morgan fingerprint density at radius 1 is 1.21 bits per heavy atom. The zero-order chi connectivity index (χ0) is 13.8. The number of amides is 1. The molecule has 0 bridgehead atoms. The van der Waals surface area contributed by atoms with Crippen LogP contribution in [-0.2, 0) is 6.54 Å². The molecule has 2 aromatic rings. The zero-order valence-electron chi connectivity index (χ0n) is 10.4. The molecule has 98 valence electrons. The molecule has 0 saturated carbocycles. The molecule has 2 nitrogen and oxygen atoms in total. The lowest BCUT2D eigenvalue weighted by Crippen LogP contribution is -2.23. The largest absolute Gasteiger partial charge is 0.348 e. The van der Waals surface area contributed by atoms with Crippen molar-refractivity contribution >= 4 is 17.5 Å². The van der Waals surface area contributed by atoms with Crippen molar-refractivity contribution in [1.29, 1.82) is 0 Å². The number of rotatable bonds is 3. The molecule has 0 saturated heterocycles. The van der Waals surface area contributed by atoms with E-state index in [0.29, 0.717) is 6.54 Å². The molecule has 2 rings (SSSR count). The number of aryl methyl sites for hydroxylation is 1. The molecule has 19 heavy (non-hydrogen) atoms. The first kappa shape index (κ1) is 13.6. The molecule has 0 spiro atoms. The van der Waals surface area contributed by atoms with Crippen LogP contribution in [-0.4, -0.2) is 5.91 Å². The van der Waals surface area contributed by atoms with Gasteiger partial charge in [0, 0.05) is 6.54 Å². The lowest BCUT2D eigenvalue weighted by Gasteiger charge is -2.07. The fourth-order valence-corrected chi connectivity index (χ4v) is 1.91. The fourth-order valence-electron chi connectivity index (χ4n) is 1.66. The second-order valence-corrected chi connectivity index (χ2v) is 4.70. The summed E-state index contributed by atoms with van der Waals surface area (Å²) in [5.41, 5.74) is 2.43. The van der Waals surface area contributed by atoms with Gasteiger partial charge in [0.15, 0.2) is 0 Å². The molecule has 0 unspecified atom stereocenters. The maximum atomic E-state index is 12.9. The lowest BCUT2D eigenvalue weighted by molar-refractivity contribution is 0.0951. The highest BCUT2D eigenvalue weighted by Crippen LogP contribution is 2.17. The molecule has 0 atom stereocenters. The Labute approximate surface area is 116 Å². The number of carbonyl (C=O) groups is 1. The molecule has 2 aromatic carbocycles. The molecule has 1 amide bonds. The summed E-state index contributed by atoms with van der Waals surface area (Å²) in [6.07, 6.45) is 0. The van der Waals surface area contributed by atoms with Gasteiger partial charge in [-0.25, -0.2) is 4.39 Å². The van der Waals surface area contributed by atoms with Crippen LogP contribution in [0.2, 0.25) is 5.02 Å². The van der Waals surface area contributed by atoms with Crippen LogP contribution in [0.25, 0.3) is 0 Å². The summed E-state index contributed by atoms with van der Waals surface area (Å²) in [4.78, 5) is 11.9. The van der Waals surface area contributed by atoms with Gasteiger partial charge in [0.25, 0.3) is 5.91 Å². The van der Waals surface area contributed by atoms with Gasteiger partial charge in [-0.1, -0.05) is 41.4 Å². The van der Waals surface area contributed by atoms with E-state index in [2.05, 4.69) is 5.32 Å². The molecule has 0 radical (unpaired) electrons. The molecule has 4 heteroatoms. The SMILES string of the molecule is Cc1ccc(CNC(=O)c2ccc(F)cc2Cl)cc1. The number of benzene rings is 2. The van der Waals surface area contributed by atoms with E-state index in [1.807, 2.05) is 31.2 Å². The van der Waals surface area contributed by atoms with Crippen LogP contribution in [0, 0.1) is 12.7 Å². The Morgan fingerprint density at radius 2 is 1.89 bits per heavy atom. The molecule has 0 aromatic heterocycles. The van der Waals surface area contributed by atoms with Crippen molar-refractivity contribution in [1.82, 2.24) is 5.32 Å². The number of hydrogen-bond donors (Lipinski definition) is 1. The second-order valence-electron chi connectivity index (χ2n) is 4.29. The minimum Gasteiger partial charge on any atom is -0.348 e. The van der Waals surface area contributed by atoms with E-state index in [-0.39, 0.29) is 16.5 Å². The highest BCUT2D eigenvalue weighted by molar-refractivity contribution is 6.33. The highest BCUT2D eigenvalue weighted by atomic mass is 35.5. The molecule has 0 aliphatic carbocycles. The minimum absolute atomic E-state index is 0.112.